The Bertz CT molecular complexity index is 1280. The summed E-state index contributed by atoms with van der Waals surface area (Å²) >= 11 is 0. The minimum atomic E-state index is -3.66. The van der Waals surface area contributed by atoms with Gasteiger partial charge in [0.25, 0.3) is 0 Å². The van der Waals surface area contributed by atoms with Gasteiger partial charge in [-0.15, -0.1) is 0 Å². The summed E-state index contributed by atoms with van der Waals surface area (Å²) in [5, 5.41) is 3.88. The van der Waals surface area contributed by atoms with Crippen LogP contribution in [0.3, 0.4) is 0 Å². The van der Waals surface area contributed by atoms with Crippen molar-refractivity contribution in [2.24, 2.45) is 0 Å². The number of carbonyl (C=O) groups excluding carboxylic acids is 1. The van der Waals surface area contributed by atoms with E-state index >= 15 is 0 Å². The summed E-state index contributed by atoms with van der Waals surface area (Å²) in [5.74, 6) is 0.419. The van der Waals surface area contributed by atoms with Gasteiger partial charge in [0.2, 0.25) is 15.0 Å². The summed E-state index contributed by atoms with van der Waals surface area (Å²) in [6.07, 6.45) is 3.67. The predicted molar refractivity (Wildman–Crippen MR) is 134 cm³/mol. The minimum Gasteiger partial charge on any atom is -0.494 e. The Morgan fingerprint density at radius 2 is 1.89 bits per heavy atom. The van der Waals surface area contributed by atoms with Gasteiger partial charge in [-0.1, -0.05) is 13.8 Å². The largest absolute Gasteiger partial charge is 0.494 e. The molecule has 3 aromatic rings. The maximum atomic E-state index is 12.7. The van der Waals surface area contributed by atoms with E-state index in [1.54, 1.807) is 23.1 Å². The monoisotopic (exact) mass is 505 g/mol. The zero-order valence-corrected chi connectivity index (χ0v) is 22.7. The molecule has 0 saturated heterocycles. The van der Waals surface area contributed by atoms with Crippen molar-refractivity contribution in [1.29, 1.82) is 0 Å². The minimum absolute atomic E-state index is 0.183. The van der Waals surface area contributed by atoms with Crippen LogP contribution in [0, 0.1) is 0 Å². The van der Waals surface area contributed by atoms with Crippen LogP contribution in [0.15, 0.2) is 35.7 Å². The van der Waals surface area contributed by atoms with E-state index in [2.05, 4.69) is 15.1 Å². The highest BCUT2D eigenvalue weighted by Gasteiger charge is 2.27. The molecule has 0 aliphatic heterocycles. The van der Waals surface area contributed by atoms with Crippen molar-refractivity contribution >= 4 is 21.4 Å². The standard InChI is InChI=1S/C22H29N5O5S.C2H6/c1-8-26(21(28)32-22(3,4)5)14(2)17-12-16(19(31-6)13-23-17)18-11-15-9-10-24-27(15)20(25-18)33(7,29)30;1-2/h9-14H,8H2,1-7H3;1-2H3. The van der Waals surface area contributed by atoms with Crippen molar-refractivity contribution in [3.63, 3.8) is 0 Å². The van der Waals surface area contributed by atoms with E-state index in [-0.39, 0.29) is 5.16 Å². The Morgan fingerprint density at radius 3 is 2.43 bits per heavy atom. The topological polar surface area (TPSA) is 116 Å². The summed E-state index contributed by atoms with van der Waals surface area (Å²) in [4.78, 5) is 23.1. The van der Waals surface area contributed by atoms with E-state index < -0.39 is 27.6 Å². The molecule has 0 N–H and O–H groups in total. The Balaban J connectivity index is 0.00000210. The van der Waals surface area contributed by atoms with Gasteiger partial charge in [-0.25, -0.2) is 22.7 Å². The van der Waals surface area contributed by atoms with Crippen molar-refractivity contribution in [3.8, 4) is 17.0 Å². The van der Waals surface area contributed by atoms with Crippen molar-refractivity contribution < 1.29 is 22.7 Å². The first-order valence-corrected chi connectivity index (χ1v) is 13.3. The lowest BCUT2D eigenvalue weighted by Gasteiger charge is -2.30. The van der Waals surface area contributed by atoms with Crippen LogP contribution in [0.5, 0.6) is 5.75 Å². The number of nitrogens with zero attached hydrogens (tertiary/aromatic N) is 5. The molecule has 1 unspecified atom stereocenters. The van der Waals surface area contributed by atoms with Gasteiger partial charge in [-0.2, -0.15) is 5.10 Å². The molecule has 0 spiro atoms. The first-order chi connectivity index (χ1) is 16.4. The molecule has 0 aliphatic carbocycles. The first kappa shape index (κ1) is 28.0. The van der Waals surface area contributed by atoms with Crippen LogP contribution in [0.1, 0.15) is 60.2 Å². The van der Waals surface area contributed by atoms with Gasteiger partial charge in [-0.05, 0) is 52.8 Å². The number of methoxy groups -OCH3 is 1. The number of rotatable bonds is 6. The third kappa shape index (κ3) is 6.47. The summed E-state index contributed by atoms with van der Waals surface area (Å²) < 4.78 is 37.0. The number of ether oxygens (including phenoxy) is 2. The highest BCUT2D eigenvalue weighted by Crippen LogP contribution is 2.33. The Hall–Kier alpha value is -3.21. The molecule has 0 saturated carbocycles. The van der Waals surface area contributed by atoms with Gasteiger partial charge in [0.05, 0.1) is 42.4 Å². The molecule has 0 fully saturated rings. The van der Waals surface area contributed by atoms with Crippen molar-refractivity contribution in [2.45, 2.75) is 65.3 Å². The molecule has 35 heavy (non-hydrogen) atoms. The number of pyridine rings is 1. The van der Waals surface area contributed by atoms with Crippen LogP contribution in [0.2, 0.25) is 0 Å². The number of amides is 1. The quantitative estimate of drug-likeness (QED) is 0.448. The molecular weight excluding hydrogens is 470 g/mol. The van der Waals surface area contributed by atoms with Crippen LogP contribution in [0.25, 0.3) is 16.8 Å². The van der Waals surface area contributed by atoms with E-state index in [4.69, 9.17) is 9.47 Å². The van der Waals surface area contributed by atoms with Crippen LogP contribution in [-0.2, 0) is 14.6 Å². The van der Waals surface area contributed by atoms with E-state index in [0.29, 0.717) is 34.8 Å². The first-order valence-electron chi connectivity index (χ1n) is 11.4. The maximum Gasteiger partial charge on any atom is 0.410 e. The number of hydrogen-bond acceptors (Lipinski definition) is 8. The molecular formula is C24H35N5O5S. The van der Waals surface area contributed by atoms with E-state index in [0.717, 1.165) is 6.26 Å². The van der Waals surface area contributed by atoms with Crippen molar-refractivity contribution in [3.05, 3.63) is 36.3 Å². The lowest BCUT2D eigenvalue weighted by Crippen LogP contribution is -2.38. The SMILES string of the molecule is CC.CCN(C(=O)OC(C)(C)C)C(C)c1cc(-c2cc3ccnn3c(S(C)(=O)=O)n2)c(OC)cn1. The number of carbonyl (C=O) groups is 1. The third-order valence-corrected chi connectivity index (χ3v) is 5.86. The molecule has 0 radical (unpaired) electrons. The lowest BCUT2D eigenvalue weighted by molar-refractivity contribution is 0.0182. The van der Waals surface area contributed by atoms with Gasteiger partial charge >= 0.3 is 6.09 Å². The number of hydrogen-bond donors (Lipinski definition) is 0. The van der Waals surface area contributed by atoms with E-state index in [9.17, 15) is 13.2 Å². The fourth-order valence-electron chi connectivity index (χ4n) is 3.38. The Kier molecular flexibility index (Phi) is 8.83. The fourth-order valence-corrected chi connectivity index (χ4v) is 4.11. The Morgan fingerprint density at radius 1 is 1.23 bits per heavy atom. The number of sulfone groups is 1. The predicted octanol–water partition coefficient (Wildman–Crippen LogP) is 4.55. The van der Waals surface area contributed by atoms with Crippen LogP contribution < -0.4 is 4.74 Å². The fraction of sp³-hybridized carbons (Fsp3) is 0.500. The Labute approximate surface area is 207 Å². The second-order valence-corrected chi connectivity index (χ2v) is 10.5. The van der Waals surface area contributed by atoms with Crippen LogP contribution >= 0.6 is 0 Å². The molecule has 3 heterocycles. The van der Waals surface area contributed by atoms with Gasteiger partial charge in [0.15, 0.2) is 0 Å². The second-order valence-electron chi connectivity index (χ2n) is 8.62. The zero-order valence-electron chi connectivity index (χ0n) is 21.9. The number of aromatic nitrogens is 4. The van der Waals surface area contributed by atoms with Gasteiger partial charge < -0.3 is 14.4 Å². The molecule has 3 aromatic heterocycles. The molecule has 192 valence electrons. The molecule has 10 nitrogen and oxygen atoms in total. The lowest BCUT2D eigenvalue weighted by atomic mass is 10.1. The smallest absolute Gasteiger partial charge is 0.410 e. The van der Waals surface area contributed by atoms with Crippen molar-refractivity contribution in [1.82, 2.24) is 24.5 Å². The normalized spacial score (nSPS) is 12.5. The van der Waals surface area contributed by atoms with Gasteiger partial charge in [0.1, 0.15) is 11.4 Å². The van der Waals surface area contributed by atoms with Gasteiger partial charge in [-0.3, -0.25) is 4.98 Å². The molecule has 3 rings (SSSR count). The highest BCUT2D eigenvalue weighted by molar-refractivity contribution is 7.90. The van der Waals surface area contributed by atoms with Crippen LogP contribution in [-0.4, -0.2) is 64.5 Å². The third-order valence-electron chi connectivity index (χ3n) is 4.93. The molecule has 0 bridgehead atoms. The average molecular weight is 506 g/mol. The summed E-state index contributed by atoms with van der Waals surface area (Å²) in [6, 6.07) is 4.75. The molecule has 0 aromatic carbocycles. The summed E-state index contributed by atoms with van der Waals surface area (Å²) in [6.45, 7) is 13.6. The van der Waals surface area contributed by atoms with Crippen molar-refractivity contribution in [2.75, 3.05) is 19.9 Å². The second kappa shape index (κ2) is 11.0. The highest BCUT2D eigenvalue weighted by atomic mass is 32.2. The van der Waals surface area contributed by atoms with Crippen LogP contribution in [0.4, 0.5) is 4.79 Å². The zero-order chi connectivity index (χ0) is 26.6. The average Bonchev–Trinajstić information content (AvgIpc) is 3.26. The van der Waals surface area contributed by atoms with Gasteiger partial charge in [0, 0.05) is 18.4 Å². The van der Waals surface area contributed by atoms with E-state index in [1.165, 1.54) is 24.0 Å². The van der Waals surface area contributed by atoms with E-state index in [1.807, 2.05) is 48.5 Å². The summed E-state index contributed by atoms with van der Waals surface area (Å²) in [5.41, 5.74) is 1.45. The molecule has 1 amide bonds. The maximum absolute atomic E-state index is 12.7. The molecule has 0 aliphatic rings. The molecule has 11 heteroatoms. The summed E-state index contributed by atoms with van der Waals surface area (Å²) in [7, 11) is -2.16. The molecule has 1 atom stereocenters. The number of fused-ring (bicyclic) bond motifs is 1.